The van der Waals surface area contributed by atoms with Gasteiger partial charge in [0.25, 0.3) is 0 Å². The molecule has 1 aliphatic carbocycles. The van der Waals surface area contributed by atoms with Crippen LogP contribution in [0.15, 0.2) is 24.3 Å². The van der Waals surface area contributed by atoms with Gasteiger partial charge in [-0.15, -0.1) is 0 Å². The van der Waals surface area contributed by atoms with Crippen LogP contribution in [0.2, 0.25) is 0 Å². The molecular weight excluding hydrogens is 310 g/mol. The van der Waals surface area contributed by atoms with Crippen LogP contribution in [0.4, 0.5) is 10.5 Å². The van der Waals surface area contributed by atoms with Crippen LogP contribution in [0.5, 0.6) is 0 Å². The van der Waals surface area contributed by atoms with Gasteiger partial charge >= 0.3 is 6.03 Å². The van der Waals surface area contributed by atoms with Crippen LogP contribution in [0.25, 0.3) is 0 Å². The maximum atomic E-state index is 12.7. The number of likely N-dealkylation sites (tertiary alicyclic amines) is 1. The topological polar surface area (TPSA) is 35.6 Å². The highest BCUT2D eigenvalue weighted by Gasteiger charge is 2.28. The third-order valence-electron chi connectivity index (χ3n) is 6.29. The number of hydrogen-bond donors (Lipinski definition) is 1. The Labute approximate surface area is 151 Å². The van der Waals surface area contributed by atoms with Crippen LogP contribution >= 0.6 is 0 Å². The summed E-state index contributed by atoms with van der Waals surface area (Å²) in [6, 6.07) is 8.70. The maximum absolute atomic E-state index is 12.7. The minimum atomic E-state index is 0.0932. The highest BCUT2D eigenvalue weighted by molar-refractivity contribution is 5.94. The summed E-state index contributed by atoms with van der Waals surface area (Å²) in [6.45, 7) is 4.36. The predicted octanol–water partition coefficient (Wildman–Crippen LogP) is 3.80. The Morgan fingerprint density at radius 3 is 2.56 bits per heavy atom. The number of nitrogens with zero attached hydrogens (tertiary/aromatic N) is 2. The summed E-state index contributed by atoms with van der Waals surface area (Å²) in [4.78, 5) is 17.2. The van der Waals surface area contributed by atoms with Crippen LogP contribution in [-0.4, -0.2) is 43.2 Å². The average Bonchev–Trinajstić information content (AvgIpc) is 3.08. The minimum absolute atomic E-state index is 0.0932. The molecule has 0 bridgehead atoms. The molecule has 4 rings (SSSR count). The van der Waals surface area contributed by atoms with Crippen molar-refractivity contribution in [1.29, 1.82) is 0 Å². The molecule has 2 heterocycles. The zero-order valence-corrected chi connectivity index (χ0v) is 15.3. The number of fused-ring (bicyclic) bond motifs is 1. The SMILES string of the molecule is O=C(NC1CCN(CC2CCCCC2)CC1)N1CCc2ccccc21. The van der Waals surface area contributed by atoms with Gasteiger partial charge in [-0.2, -0.15) is 0 Å². The third kappa shape index (κ3) is 4.00. The summed E-state index contributed by atoms with van der Waals surface area (Å²) in [7, 11) is 0. The number of para-hydroxylation sites is 1. The quantitative estimate of drug-likeness (QED) is 0.907. The van der Waals surface area contributed by atoms with E-state index in [1.54, 1.807) is 0 Å². The molecule has 4 heteroatoms. The van der Waals surface area contributed by atoms with Crippen molar-refractivity contribution in [3.05, 3.63) is 29.8 Å². The van der Waals surface area contributed by atoms with Gasteiger partial charge in [-0.25, -0.2) is 4.79 Å². The van der Waals surface area contributed by atoms with E-state index in [2.05, 4.69) is 28.4 Å². The van der Waals surface area contributed by atoms with Gasteiger partial charge in [-0.1, -0.05) is 37.5 Å². The average molecular weight is 341 g/mol. The summed E-state index contributed by atoms with van der Waals surface area (Å²) >= 11 is 0. The molecule has 0 unspecified atom stereocenters. The van der Waals surface area contributed by atoms with Crippen molar-refractivity contribution < 1.29 is 4.79 Å². The van der Waals surface area contributed by atoms with E-state index < -0.39 is 0 Å². The van der Waals surface area contributed by atoms with E-state index in [4.69, 9.17) is 0 Å². The fraction of sp³-hybridized carbons (Fsp3) is 0.667. The summed E-state index contributed by atoms with van der Waals surface area (Å²) in [6.07, 6.45) is 10.3. The maximum Gasteiger partial charge on any atom is 0.322 e. The number of anilines is 1. The minimum Gasteiger partial charge on any atom is -0.335 e. The number of piperidine rings is 1. The number of nitrogens with one attached hydrogen (secondary N) is 1. The van der Waals surface area contributed by atoms with Gasteiger partial charge in [-0.05, 0) is 49.7 Å². The number of carbonyl (C=O) groups is 1. The fourth-order valence-electron chi connectivity index (χ4n) is 4.80. The van der Waals surface area contributed by atoms with Gasteiger partial charge in [0.15, 0.2) is 0 Å². The van der Waals surface area contributed by atoms with E-state index in [1.807, 2.05) is 11.0 Å². The Morgan fingerprint density at radius 2 is 1.76 bits per heavy atom. The standard InChI is InChI=1S/C21H31N3O/c25-21(24-15-10-18-8-4-5-9-20(18)24)22-19-11-13-23(14-12-19)16-17-6-2-1-3-7-17/h4-5,8-9,17,19H,1-3,6-7,10-16H2,(H,22,25). The largest absolute Gasteiger partial charge is 0.335 e. The number of carbonyl (C=O) groups excluding carboxylic acids is 1. The summed E-state index contributed by atoms with van der Waals surface area (Å²) < 4.78 is 0. The van der Waals surface area contributed by atoms with Crippen molar-refractivity contribution in [2.45, 2.75) is 57.4 Å². The molecule has 1 aromatic rings. The van der Waals surface area contributed by atoms with Gasteiger partial charge in [0.2, 0.25) is 0 Å². The van der Waals surface area contributed by atoms with Crippen molar-refractivity contribution in [3.8, 4) is 0 Å². The monoisotopic (exact) mass is 341 g/mol. The lowest BCUT2D eigenvalue weighted by molar-refractivity contribution is 0.156. The van der Waals surface area contributed by atoms with Crippen LogP contribution in [-0.2, 0) is 6.42 Å². The second-order valence-corrected chi connectivity index (χ2v) is 8.06. The molecule has 25 heavy (non-hydrogen) atoms. The van der Waals surface area contributed by atoms with Gasteiger partial charge < -0.3 is 10.2 Å². The lowest BCUT2D eigenvalue weighted by atomic mass is 9.88. The highest BCUT2D eigenvalue weighted by atomic mass is 16.2. The Morgan fingerprint density at radius 1 is 1.00 bits per heavy atom. The van der Waals surface area contributed by atoms with Crippen LogP contribution < -0.4 is 10.2 Å². The molecule has 2 amide bonds. The third-order valence-corrected chi connectivity index (χ3v) is 6.29. The predicted molar refractivity (Wildman–Crippen MR) is 102 cm³/mol. The van der Waals surface area contributed by atoms with Gasteiger partial charge in [0.05, 0.1) is 0 Å². The molecule has 1 aromatic carbocycles. The molecule has 1 saturated heterocycles. The van der Waals surface area contributed by atoms with E-state index in [-0.39, 0.29) is 6.03 Å². The van der Waals surface area contributed by atoms with Crippen molar-refractivity contribution in [1.82, 2.24) is 10.2 Å². The summed E-state index contributed by atoms with van der Waals surface area (Å²) in [5.41, 5.74) is 2.38. The molecule has 0 spiro atoms. The molecule has 2 aliphatic heterocycles. The van der Waals surface area contributed by atoms with Crippen molar-refractivity contribution in [2.24, 2.45) is 5.92 Å². The zero-order valence-electron chi connectivity index (χ0n) is 15.3. The molecule has 3 aliphatic rings. The first-order valence-electron chi connectivity index (χ1n) is 10.2. The van der Waals surface area contributed by atoms with E-state index in [0.717, 1.165) is 50.5 Å². The van der Waals surface area contributed by atoms with E-state index in [0.29, 0.717) is 6.04 Å². The number of urea groups is 1. The van der Waals surface area contributed by atoms with Crippen LogP contribution in [0.1, 0.15) is 50.5 Å². The number of benzene rings is 1. The first kappa shape index (κ1) is 16.9. The van der Waals surface area contributed by atoms with Crippen LogP contribution in [0, 0.1) is 5.92 Å². The molecule has 4 nitrogen and oxygen atoms in total. The highest BCUT2D eigenvalue weighted by Crippen LogP contribution is 2.28. The molecular formula is C21H31N3O. The van der Waals surface area contributed by atoms with Gasteiger partial charge in [0, 0.05) is 37.9 Å². The second-order valence-electron chi connectivity index (χ2n) is 8.06. The second kappa shape index (κ2) is 7.77. The van der Waals surface area contributed by atoms with Crippen LogP contribution in [0.3, 0.4) is 0 Å². The molecule has 1 saturated carbocycles. The molecule has 136 valence electrons. The lowest BCUT2D eigenvalue weighted by Crippen LogP contribution is -2.49. The van der Waals surface area contributed by atoms with Crippen molar-refractivity contribution in [2.75, 3.05) is 31.1 Å². The van der Waals surface area contributed by atoms with Gasteiger partial charge in [-0.3, -0.25) is 4.90 Å². The van der Waals surface area contributed by atoms with Gasteiger partial charge in [0.1, 0.15) is 0 Å². The van der Waals surface area contributed by atoms with E-state index >= 15 is 0 Å². The number of amides is 2. The smallest absolute Gasteiger partial charge is 0.322 e. The fourth-order valence-corrected chi connectivity index (χ4v) is 4.80. The molecule has 0 radical (unpaired) electrons. The Kier molecular flexibility index (Phi) is 5.25. The normalized spacial score (nSPS) is 22.8. The molecule has 0 atom stereocenters. The molecule has 2 fully saturated rings. The Balaban J connectivity index is 1.24. The Bertz CT molecular complexity index is 589. The first-order valence-corrected chi connectivity index (χ1v) is 10.2. The van der Waals surface area contributed by atoms with E-state index in [1.165, 1.54) is 44.2 Å². The summed E-state index contributed by atoms with van der Waals surface area (Å²) in [5, 5.41) is 3.29. The molecule has 1 N–H and O–H groups in total. The van der Waals surface area contributed by atoms with E-state index in [9.17, 15) is 4.79 Å². The lowest BCUT2D eigenvalue weighted by Gasteiger charge is -2.36. The van der Waals surface area contributed by atoms with Crippen molar-refractivity contribution >= 4 is 11.7 Å². The zero-order chi connectivity index (χ0) is 17.1. The Hall–Kier alpha value is -1.55. The first-order chi connectivity index (χ1) is 12.3. The molecule has 0 aromatic heterocycles. The van der Waals surface area contributed by atoms with Crippen molar-refractivity contribution in [3.63, 3.8) is 0 Å². The summed E-state index contributed by atoms with van der Waals surface area (Å²) in [5.74, 6) is 0.918. The number of hydrogen-bond acceptors (Lipinski definition) is 2. The number of rotatable bonds is 3.